The first-order chi connectivity index (χ1) is 12.3. The summed E-state index contributed by atoms with van der Waals surface area (Å²) in [7, 11) is 0. The molecule has 0 radical (unpaired) electrons. The van der Waals surface area contributed by atoms with Crippen LogP contribution in [0.3, 0.4) is 0 Å². The van der Waals surface area contributed by atoms with Crippen LogP contribution in [0.2, 0.25) is 0 Å². The number of hydrogen-bond donors (Lipinski definition) is 0. The lowest BCUT2D eigenvalue weighted by atomic mass is 10.2. The molecule has 0 saturated carbocycles. The normalized spacial score (nSPS) is 20.4. The summed E-state index contributed by atoms with van der Waals surface area (Å²) in [4.78, 5) is 11.1. The Morgan fingerprint density at radius 3 is 2.04 bits per heavy atom. The van der Waals surface area contributed by atoms with E-state index in [1.807, 2.05) is 6.92 Å². The van der Waals surface area contributed by atoms with Crippen molar-refractivity contribution in [2.45, 2.75) is 77.4 Å². The third kappa shape index (κ3) is 12.4. The minimum Gasteiger partial charge on any atom is -0.466 e. The molecule has 1 rings (SSSR count). The highest BCUT2D eigenvalue weighted by molar-refractivity contribution is 5.69. The molecule has 0 bridgehead atoms. The van der Waals surface area contributed by atoms with Gasteiger partial charge in [0.2, 0.25) is 0 Å². The van der Waals surface area contributed by atoms with Gasteiger partial charge >= 0.3 is 5.97 Å². The molecule has 25 heavy (non-hydrogen) atoms. The van der Waals surface area contributed by atoms with Gasteiger partial charge in [0.05, 0.1) is 18.8 Å². The van der Waals surface area contributed by atoms with Crippen LogP contribution in [0, 0.1) is 0 Å². The summed E-state index contributed by atoms with van der Waals surface area (Å²) in [6.45, 7) is 4.48. The fourth-order valence-corrected chi connectivity index (χ4v) is 2.50. The summed E-state index contributed by atoms with van der Waals surface area (Å²) in [6, 6.07) is 0. The molecule has 0 aromatic rings. The van der Waals surface area contributed by atoms with E-state index in [1.54, 1.807) is 0 Å². The van der Waals surface area contributed by atoms with Crippen LogP contribution in [-0.4, -0.2) is 24.8 Å². The second kappa shape index (κ2) is 14.7. The van der Waals surface area contributed by atoms with Crippen LogP contribution in [0.1, 0.15) is 65.2 Å². The van der Waals surface area contributed by atoms with E-state index in [2.05, 4.69) is 55.5 Å². The summed E-state index contributed by atoms with van der Waals surface area (Å²) in [5.41, 5.74) is 0. The van der Waals surface area contributed by atoms with Gasteiger partial charge in [-0.15, -0.1) is 0 Å². The van der Waals surface area contributed by atoms with Gasteiger partial charge in [0.1, 0.15) is 0 Å². The summed E-state index contributed by atoms with van der Waals surface area (Å²) in [5, 5.41) is 0. The van der Waals surface area contributed by atoms with Crippen LogP contribution < -0.4 is 0 Å². The zero-order valence-corrected chi connectivity index (χ0v) is 15.9. The molecule has 0 amide bonds. The van der Waals surface area contributed by atoms with E-state index in [0.29, 0.717) is 25.2 Å². The molecule has 2 unspecified atom stereocenters. The summed E-state index contributed by atoms with van der Waals surface area (Å²) < 4.78 is 10.4. The highest BCUT2D eigenvalue weighted by Crippen LogP contribution is 2.28. The topological polar surface area (TPSA) is 38.8 Å². The first-order valence-electron chi connectivity index (χ1n) is 9.69. The van der Waals surface area contributed by atoms with Gasteiger partial charge in [-0.25, -0.2) is 0 Å². The molecule has 0 spiro atoms. The fourth-order valence-electron chi connectivity index (χ4n) is 2.50. The smallest absolute Gasteiger partial charge is 0.305 e. The molecule has 0 aliphatic carbocycles. The number of unbranched alkanes of at least 4 members (excludes halogenated alkanes) is 1. The Kier molecular flexibility index (Phi) is 12.6. The van der Waals surface area contributed by atoms with Crippen molar-refractivity contribution in [3.63, 3.8) is 0 Å². The van der Waals surface area contributed by atoms with E-state index >= 15 is 0 Å². The van der Waals surface area contributed by atoms with Crippen LogP contribution in [0.5, 0.6) is 0 Å². The van der Waals surface area contributed by atoms with Gasteiger partial charge in [-0.05, 0) is 51.9 Å². The largest absolute Gasteiger partial charge is 0.466 e. The highest BCUT2D eigenvalue weighted by Gasteiger charge is 2.35. The number of rotatable bonds is 14. The average molecular weight is 347 g/mol. The van der Waals surface area contributed by atoms with Crippen LogP contribution in [0.4, 0.5) is 0 Å². The fraction of sp³-hybridized carbons (Fsp3) is 0.591. The van der Waals surface area contributed by atoms with Crippen molar-refractivity contribution in [3.05, 3.63) is 48.6 Å². The molecule has 1 saturated heterocycles. The van der Waals surface area contributed by atoms with Crippen LogP contribution in [0.25, 0.3) is 0 Å². The van der Waals surface area contributed by atoms with Crippen molar-refractivity contribution in [3.8, 4) is 0 Å². The molecule has 3 nitrogen and oxygen atoms in total. The van der Waals surface area contributed by atoms with E-state index in [1.165, 1.54) is 0 Å². The predicted octanol–water partition coefficient (Wildman–Crippen LogP) is 5.68. The number of carbonyl (C=O) groups is 1. The molecule has 0 N–H and O–H groups in total. The van der Waals surface area contributed by atoms with E-state index in [0.717, 1.165) is 44.9 Å². The van der Waals surface area contributed by atoms with Crippen molar-refractivity contribution in [1.82, 2.24) is 0 Å². The molecule has 1 aliphatic rings. The Hall–Kier alpha value is -1.61. The average Bonchev–Trinajstić information content (AvgIpc) is 3.37. The Morgan fingerprint density at radius 2 is 1.48 bits per heavy atom. The molecule has 1 fully saturated rings. The first kappa shape index (κ1) is 21.4. The lowest BCUT2D eigenvalue weighted by Crippen LogP contribution is -2.02. The summed E-state index contributed by atoms with van der Waals surface area (Å²) >= 11 is 0. The monoisotopic (exact) mass is 346 g/mol. The summed E-state index contributed by atoms with van der Waals surface area (Å²) in [6.07, 6.45) is 25.9. The van der Waals surface area contributed by atoms with Crippen LogP contribution >= 0.6 is 0 Å². The van der Waals surface area contributed by atoms with Gasteiger partial charge in [0, 0.05) is 6.42 Å². The maximum Gasteiger partial charge on any atom is 0.305 e. The first-order valence-corrected chi connectivity index (χ1v) is 9.69. The van der Waals surface area contributed by atoms with Crippen molar-refractivity contribution in [2.75, 3.05) is 6.61 Å². The van der Waals surface area contributed by atoms with Gasteiger partial charge in [0.25, 0.3) is 0 Å². The van der Waals surface area contributed by atoms with Crippen molar-refractivity contribution >= 4 is 5.97 Å². The van der Waals surface area contributed by atoms with Crippen molar-refractivity contribution < 1.29 is 14.3 Å². The molecule has 140 valence electrons. The molecule has 2 atom stereocenters. The second-order valence-corrected chi connectivity index (χ2v) is 6.15. The maximum atomic E-state index is 11.1. The third-order valence-electron chi connectivity index (χ3n) is 4.00. The lowest BCUT2D eigenvalue weighted by molar-refractivity contribution is -0.143. The Balaban J connectivity index is 1.89. The predicted molar refractivity (Wildman–Crippen MR) is 104 cm³/mol. The molecule has 1 aliphatic heterocycles. The van der Waals surface area contributed by atoms with Gasteiger partial charge in [-0.3, -0.25) is 4.79 Å². The number of epoxide rings is 1. The molecular formula is C22H34O3. The molecule has 1 heterocycles. The van der Waals surface area contributed by atoms with Gasteiger partial charge < -0.3 is 9.47 Å². The SMILES string of the molecule is CCOC(=O)CCC/C=C\C/C=C\C/C=C\C/C=C\CC1OC1CC. The Bertz CT molecular complexity index is 460. The van der Waals surface area contributed by atoms with E-state index < -0.39 is 0 Å². The quantitative estimate of drug-likeness (QED) is 0.176. The van der Waals surface area contributed by atoms with Gasteiger partial charge in [-0.1, -0.05) is 55.5 Å². The molecule has 3 heteroatoms. The zero-order chi connectivity index (χ0) is 18.2. The van der Waals surface area contributed by atoms with E-state index in [9.17, 15) is 4.79 Å². The third-order valence-corrected chi connectivity index (χ3v) is 4.00. The highest BCUT2D eigenvalue weighted by atomic mass is 16.6. The minimum absolute atomic E-state index is 0.0940. The summed E-state index contributed by atoms with van der Waals surface area (Å²) in [5.74, 6) is -0.0940. The van der Waals surface area contributed by atoms with E-state index in [4.69, 9.17) is 9.47 Å². The van der Waals surface area contributed by atoms with Crippen LogP contribution in [0.15, 0.2) is 48.6 Å². The molecule has 0 aromatic heterocycles. The minimum atomic E-state index is -0.0940. The molecular weight excluding hydrogens is 312 g/mol. The van der Waals surface area contributed by atoms with E-state index in [-0.39, 0.29) is 5.97 Å². The van der Waals surface area contributed by atoms with Crippen molar-refractivity contribution in [1.29, 1.82) is 0 Å². The molecule has 0 aromatic carbocycles. The number of ether oxygens (including phenoxy) is 2. The number of hydrogen-bond acceptors (Lipinski definition) is 3. The number of esters is 1. The Labute approximate surface area is 153 Å². The van der Waals surface area contributed by atoms with Gasteiger partial charge in [-0.2, -0.15) is 0 Å². The van der Waals surface area contributed by atoms with Crippen molar-refractivity contribution in [2.24, 2.45) is 0 Å². The Morgan fingerprint density at radius 1 is 0.880 bits per heavy atom. The number of allylic oxidation sites excluding steroid dienone is 7. The van der Waals surface area contributed by atoms with Gasteiger partial charge in [0.15, 0.2) is 0 Å². The van der Waals surface area contributed by atoms with Crippen LogP contribution in [-0.2, 0) is 14.3 Å². The second-order valence-electron chi connectivity index (χ2n) is 6.15. The zero-order valence-electron chi connectivity index (χ0n) is 15.9. The number of carbonyl (C=O) groups excluding carboxylic acids is 1. The lowest BCUT2D eigenvalue weighted by Gasteiger charge is -1.98. The standard InChI is InChI=1S/C22H34O3/c1-3-20-21(25-20)18-16-14-12-10-8-6-5-7-9-11-13-15-17-19-22(23)24-4-2/h5,7-8,10-11,13-14,16,20-21H,3-4,6,9,12,15,17-19H2,1-2H3/b7-5-,10-8-,13-11-,16-14-. The maximum absolute atomic E-state index is 11.1.